The summed E-state index contributed by atoms with van der Waals surface area (Å²) in [5, 5.41) is 11.9. The third-order valence-corrected chi connectivity index (χ3v) is 2.82. The van der Waals surface area contributed by atoms with Gasteiger partial charge in [-0.15, -0.1) is 0 Å². The molecule has 0 heterocycles. The van der Waals surface area contributed by atoms with E-state index in [0.717, 1.165) is 5.56 Å². The molecule has 0 fully saturated rings. The maximum atomic E-state index is 11.9. The second-order valence-electron chi connectivity index (χ2n) is 5.98. The number of alkyl carbamates (subject to hydrolysis) is 1. The molecule has 0 spiro atoms. The van der Waals surface area contributed by atoms with Gasteiger partial charge in [-0.05, 0) is 46.1 Å². The summed E-state index contributed by atoms with van der Waals surface area (Å²) in [5.74, 6) is 0. The smallest absolute Gasteiger partial charge is 0.408 e. The van der Waals surface area contributed by atoms with Crippen molar-refractivity contribution in [2.75, 3.05) is 6.61 Å². The number of hydrogen-bond donors (Lipinski definition) is 2. The molecule has 2 N–H and O–H groups in total. The summed E-state index contributed by atoms with van der Waals surface area (Å²) in [5.41, 5.74) is 1.68. The molecule has 1 aromatic rings. The van der Waals surface area contributed by atoms with Crippen LogP contribution in [-0.4, -0.2) is 23.4 Å². The summed E-state index contributed by atoms with van der Waals surface area (Å²) < 4.78 is 5.28. The quantitative estimate of drug-likeness (QED) is 0.869. The van der Waals surface area contributed by atoms with Crippen LogP contribution in [-0.2, 0) is 4.74 Å². The summed E-state index contributed by atoms with van der Waals surface area (Å²) in [6.07, 6.45) is 0.883. The Morgan fingerprint density at radius 1 is 1.30 bits per heavy atom. The summed E-state index contributed by atoms with van der Waals surface area (Å²) in [6.45, 7) is 7.63. The van der Waals surface area contributed by atoms with Crippen molar-refractivity contribution in [2.24, 2.45) is 0 Å². The number of ether oxygens (including phenoxy) is 1. The predicted molar refractivity (Wildman–Crippen MR) is 79.6 cm³/mol. The molecule has 0 aliphatic carbocycles. The molecule has 0 bridgehead atoms. The van der Waals surface area contributed by atoms with Crippen LogP contribution in [0.4, 0.5) is 4.79 Å². The van der Waals surface area contributed by atoms with Gasteiger partial charge in [-0.2, -0.15) is 0 Å². The van der Waals surface area contributed by atoms with E-state index in [0.29, 0.717) is 12.8 Å². The highest BCUT2D eigenvalue weighted by molar-refractivity contribution is 5.68. The minimum atomic E-state index is -0.515. The van der Waals surface area contributed by atoms with Crippen LogP contribution >= 0.6 is 0 Å². The molecule has 0 aliphatic heterocycles. The highest BCUT2D eigenvalue weighted by Gasteiger charge is 2.20. The first-order valence-corrected chi connectivity index (χ1v) is 6.99. The van der Waals surface area contributed by atoms with Gasteiger partial charge >= 0.3 is 6.09 Å². The Bertz CT molecular complexity index is 420. The maximum Gasteiger partial charge on any atom is 0.408 e. The molecule has 0 saturated heterocycles. The summed E-state index contributed by atoms with van der Waals surface area (Å²) in [7, 11) is 0. The molecule has 0 saturated carbocycles. The van der Waals surface area contributed by atoms with E-state index in [1.54, 1.807) is 0 Å². The summed E-state index contributed by atoms with van der Waals surface area (Å²) in [6, 6.07) is 7.87. The third kappa shape index (κ3) is 6.06. The average Bonchev–Trinajstić information content (AvgIpc) is 2.33. The number of benzene rings is 1. The van der Waals surface area contributed by atoms with Crippen LogP contribution < -0.4 is 5.32 Å². The van der Waals surface area contributed by atoms with Gasteiger partial charge in [0.1, 0.15) is 5.60 Å². The van der Waals surface area contributed by atoms with Gasteiger partial charge in [0.2, 0.25) is 0 Å². The van der Waals surface area contributed by atoms with Crippen LogP contribution in [0.3, 0.4) is 0 Å². The first-order chi connectivity index (χ1) is 9.31. The van der Waals surface area contributed by atoms with Crippen molar-refractivity contribution in [3.63, 3.8) is 0 Å². The van der Waals surface area contributed by atoms with E-state index in [-0.39, 0.29) is 12.6 Å². The molecule has 1 atom stereocenters. The standard InChI is InChI=1S/C16H25NO3/c1-12-7-9-13(10-8-12)14(6-5-11-18)17-15(19)20-16(2,3)4/h7-10,14,18H,5-6,11H2,1-4H3,(H,17,19)/t14-/m0/s1. The molecule has 0 aromatic heterocycles. The molecule has 1 aromatic carbocycles. The molecule has 0 radical (unpaired) electrons. The van der Waals surface area contributed by atoms with Gasteiger partial charge in [0.05, 0.1) is 6.04 Å². The minimum absolute atomic E-state index is 0.109. The van der Waals surface area contributed by atoms with Crippen LogP contribution in [0.5, 0.6) is 0 Å². The second kappa shape index (κ2) is 7.29. The second-order valence-corrected chi connectivity index (χ2v) is 5.98. The number of amides is 1. The van der Waals surface area contributed by atoms with Crippen LogP contribution in [0.1, 0.15) is 50.8 Å². The maximum absolute atomic E-state index is 11.9. The molecule has 0 unspecified atom stereocenters. The highest BCUT2D eigenvalue weighted by Crippen LogP contribution is 2.20. The number of aryl methyl sites for hydroxylation is 1. The number of hydrogen-bond acceptors (Lipinski definition) is 3. The lowest BCUT2D eigenvalue weighted by Crippen LogP contribution is -2.35. The monoisotopic (exact) mass is 279 g/mol. The third-order valence-electron chi connectivity index (χ3n) is 2.82. The normalized spacial score (nSPS) is 12.8. The van der Waals surface area contributed by atoms with Gasteiger partial charge in [0.25, 0.3) is 0 Å². The molecule has 4 heteroatoms. The Kier molecular flexibility index (Phi) is 6.02. The number of carbonyl (C=O) groups excluding carboxylic acids is 1. The Morgan fingerprint density at radius 3 is 2.40 bits per heavy atom. The Balaban J connectivity index is 2.74. The van der Waals surface area contributed by atoms with E-state index in [1.165, 1.54) is 5.56 Å². The van der Waals surface area contributed by atoms with Gasteiger partial charge in [0.15, 0.2) is 0 Å². The number of rotatable bonds is 5. The molecular weight excluding hydrogens is 254 g/mol. The van der Waals surface area contributed by atoms with E-state index >= 15 is 0 Å². The van der Waals surface area contributed by atoms with Gasteiger partial charge < -0.3 is 15.2 Å². The topological polar surface area (TPSA) is 58.6 Å². The summed E-state index contributed by atoms with van der Waals surface area (Å²) >= 11 is 0. The van der Waals surface area contributed by atoms with Gasteiger partial charge in [-0.25, -0.2) is 4.79 Å². The van der Waals surface area contributed by atoms with Crippen molar-refractivity contribution in [1.29, 1.82) is 0 Å². The SMILES string of the molecule is Cc1ccc([C@H](CCCO)NC(=O)OC(C)(C)C)cc1. The lowest BCUT2D eigenvalue weighted by Gasteiger charge is -2.24. The van der Waals surface area contributed by atoms with Crippen molar-refractivity contribution in [1.82, 2.24) is 5.32 Å². The van der Waals surface area contributed by atoms with E-state index in [2.05, 4.69) is 5.32 Å². The Labute approximate surface area is 121 Å². The lowest BCUT2D eigenvalue weighted by molar-refractivity contribution is 0.0498. The zero-order chi connectivity index (χ0) is 15.2. The first-order valence-electron chi connectivity index (χ1n) is 6.99. The van der Waals surface area contributed by atoms with E-state index < -0.39 is 11.7 Å². The van der Waals surface area contributed by atoms with Crippen LogP contribution in [0.25, 0.3) is 0 Å². The zero-order valence-electron chi connectivity index (χ0n) is 12.8. The van der Waals surface area contributed by atoms with E-state index in [4.69, 9.17) is 9.84 Å². The van der Waals surface area contributed by atoms with Gasteiger partial charge in [0, 0.05) is 6.61 Å². The molecule has 1 rings (SSSR count). The fraction of sp³-hybridized carbons (Fsp3) is 0.562. The predicted octanol–water partition coefficient (Wildman–Crippen LogP) is 3.33. The van der Waals surface area contributed by atoms with Crippen molar-refractivity contribution in [3.8, 4) is 0 Å². The summed E-state index contributed by atoms with van der Waals surface area (Å²) in [4.78, 5) is 11.9. The Morgan fingerprint density at radius 2 is 1.90 bits per heavy atom. The molecular formula is C16H25NO3. The van der Waals surface area contributed by atoms with Crippen LogP contribution in [0.15, 0.2) is 24.3 Å². The molecule has 20 heavy (non-hydrogen) atoms. The van der Waals surface area contributed by atoms with Crippen molar-refractivity contribution >= 4 is 6.09 Å². The van der Waals surface area contributed by atoms with Crippen molar-refractivity contribution in [3.05, 3.63) is 35.4 Å². The van der Waals surface area contributed by atoms with Crippen molar-refractivity contribution < 1.29 is 14.6 Å². The van der Waals surface area contributed by atoms with E-state index in [9.17, 15) is 4.79 Å². The number of aliphatic hydroxyl groups is 1. The number of nitrogens with one attached hydrogen (secondary N) is 1. The van der Waals surface area contributed by atoms with Crippen LogP contribution in [0.2, 0.25) is 0 Å². The Hall–Kier alpha value is -1.55. The molecule has 1 amide bonds. The van der Waals surface area contributed by atoms with Crippen molar-refractivity contribution in [2.45, 2.75) is 52.2 Å². The minimum Gasteiger partial charge on any atom is -0.444 e. The lowest BCUT2D eigenvalue weighted by atomic mass is 10.0. The fourth-order valence-electron chi connectivity index (χ4n) is 1.87. The van der Waals surface area contributed by atoms with Gasteiger partial charge in [-0.3, -0.25) is 0 Å². The zero-order valence-corrected chi connectivity index (χ0v) is 12.8. The largest absolute Gasteiger partial charge is 0.444 e. The molecule has 112 valence electrons. The fourth-order valence-corrected chi connectivity index (χ4v) is 1.87. The number of carbonyl (C=O) groups is 1. The highest BCUT2D eigenvalue weighted by atomic mass is 16.6. The average molecular weight is 279 g/mol. The molecule has 4 nitrogen and oxygen atoms in total. The number of aliphatic hydroxyl groups excluding tert-OH is 1. The first kappa shape index (κ1) is 16.5. The van der Waals surface area contributed by atoms with Gasteiger partial charge in [-0.1, -0.05) is 29.8 Å². The van der Waals surface area contributed by atoms with Crippen LogP contribution in [0, 0.1) is 6.92 Å². The molecule has 0 aliphatic rings. The van der Waals surface area contributed by atoms with E-state index in [1.807, 2.05) is 52.0 Å².